The molecule has 0 amide bonds. The number of aryl methyl sites for hydroxylation is 2. The Balaban J connectivity index is 1.36. The number of nitrogens with zero attached hydrogens (tertiary/aromatic N) is 4. The van der Waals surface area contributed by atoms with Gasteiger partial charge in [0.1, 0.15) is 24.2 Å². The van der Waals surface area contributed by atoms with E-state index >= 15 is 0 Å². The highest BCUT2D eigenvalue weighted by atomic mass is 32.1. The number of hydrogen-bond acceptors (Lipinski definition) is 6. The van der Waals surface area contributed by atoms with E-state index in [-0.39, 0.29) is 0 Å². The molecule has 4 heterocycles. The van der Waals surface area contributed by atoms with Gasteiger partial charge in [0.2, 0.25) is 5.95 Å². The third kappa shape index (κ3) is 2.95. The first-order chi connectivity index (χ1) is 12.9. The average molecular weight is 374 g/mol. The summed E-state index contributed by atoms with van der Waals surface area (Å²) in [4.78, 5) is 13.7. The van der Waals surface area contributed by atoms with Crippen LogP contribution in [0.25, 0.3) is 15.9 Å². The molecule has 8 heteroatoms. The van der Waals surface area contributed by atoms with E-state index in [1.807, 2.05) is 15.9 Å². The van der Waals surface area contributed by atoms with Crippen molar-refractivity contribution in [2.75, 3.05) is 44.7 Å². The first kappa shape index (κ1) is 16.4. The Bertz CT molecular complexity index is 913. The summed E-state index contributed by atoms with van der Waals surface area (Å²) in [7, 11) is 0. The third-order valence-electron chi connectivity index (χ3n) is 5.52. The molecule has 1 saturated heterocycles. The smallest absolute Gasteiger partial charge is 0.227 e. The fourth-order valence-corrected chi connectivity index (χ4v) is 5.39. The van der Waals surface area contributed by atoms with Gasteiger partial charge in [-0.3, -0.25) is 0 Å². The van der Waals surface area contributed by atoms with Gasteiger partial charge in [-0.05, 0) is 31.2 Å². The number of hydrogen-bond donors (Lipinski definition) is 2. The fourth-order valence-electron chi connectivity index (χ4n) is 4.13. The lowest BCUT2D eigenvalue weighted by molar-refractivity contribution is -0.908. The predicted octanol–water partition coefficient (Wildman–Crippen LogP) is 0.935. The van der Waals surface area contributed by atoms with Crippen molar-refractivity contribution in [2.24, 2.45) is 0 Å². The molecule has 138 valence electrons. The zero-order valence-electron chi connectivity index (χ0n) is 15.0. The number of ether oxygens (including phenoxy) is 1. The number of quaternary nitrogens is 1. The first-order valence-electron chi connectivity index (χ1n) is 9.69. The van der Waals surface area contributed by atoms with Gasteiger partial charge in [-0.25, -0.2) is 9.97 Å². The minimum atomic E-state index is 0.820. The van der Waals surface area contributed by atoms with E-state index in [1.165, 1.54) is 41.6 Å². The van der Waals surface area contributed by atoms with Crippen molar-refractivity contribution in [3.63, 3.8) is 0 Å². The number of aromatic nitrogens is 4. The highest BCUT2D eigenvalue weighted by Crippen LogP contribution is 2.37. The van der Waals surface area contributed by atoms with E-state index in [9.17, 15) is 0 Å². The van der Waals surface area contributed by atoms with Gasteiger partial charge in [-0.1, -0.05) is 0 Å². The van der Waals surface area contributed by atoms with Gasteiger partial charge < -0.3 is 15.0 Å². The van der Waals surface area contributed by atoms with Crippen molar-refractivity contribution in [3.8, 4) is 0 Å². The zero-order chi connectivity index (χ0) is 17.3. The summed E-state index contributed by atoms with van der Waals surface area (Å²) in [6.45, 7) is 6.11. The second-order valence-electron chi connectivity index (χ2n) is 7.21. The van der Waals surface area contributed by atoms with Gasteiger partial charge in [0, 0.05) is 17.8 Å². The summed E-state index contributed by atoms with van der Waals surface area (Å²) in [6, 6.07) is 0. The monoisotopic (exact) mass is 373 g/mol. The lowest BCUT2D eigenvalue weighted by Gasteiger charge is -2.23. The fraction of sp³-hybridized carbons (Fsp3) is 0.611. The molecule has 0 radical (unpaired) electrons. The second-order valence-corrected chi connectivity index (χ2v) is 8.30. The van der Waals surface area contributed by atoms with E-state index in [2.05, 4.69) is 15.4 Å². The van der Waals surface area contributed by atoms with Gasteiger partial charge in [-0.2, -0.15) is 9.61 Å². The number of rotatable bonds is 5. The molecule has 0 saturated carbocycles. The molecule has 5 rings (SSSR count). The van der Waals surface area contributed by atoms with Crippen LogP contribution in [0.1, 0.15) is 29.7 Å². The van der Waals surface area contributed by atoms with Crippen LogP contribution in [0.5, 0.6) is 0 Å². The van der Waals surface area contributed by atoms with E-state index in [0.717, 1.165) is 62.1 Å². The van der Waals surface area contributed by atoms with Crippen LogP contribution in [0.3, 0.4) is 0 Å². The second kappa shape index (κ2) is 7.09. The molecule has 1 aliphatic carbocycles. The molecule has 3 aromatic rings. The molecule has 2 N–H and O–H groups in total. The minimum Gasteiger partial charge on any atom is -0.370 e. The molecule has 0 unspecified atom stereocenters. The summed E-state index contributed by atoms with van der Waals surface area (Å²) in [5, 5.41) is 9.15. The Morgan fingerprint density at radius 1 is 1.23 bits per heavy atom. The number of nitrogens with one attached hydrogen (secondary N) is 2. The topological polar surface area (TPSA) is 68.8 Å². The summed E-state index contributed by atoms with van der Waals surface area (Å²) in [6.07, 6.45) is 7.65. The van der Waals surface area contributed by atoms with Crippen molar-refractivity contribution in [1.82, 2.24) is 19.6 Å². The minimum absolute atomic E-state index is 0.820. The van der Waals surface area contributed by atoms with Crippen LogP contribution in [0, 0.1) is 0 Å². The summed E-state index contributed by atoms with van der Waals surface area (Å²) >= 11 is 1.84. The normalized spacial score (nSPS) is 18.5. The van der Waals surface area contributed by atoms with Crippen molar-refractivity contribution in [3.05, 3.63) is 16.8 Å². The average Bonchev–Trinajstić information content (AvgIpc) is 3.30. The Morgan fingerprint density at radius 3 is 3.04 bits per heavy atom. The lowest BCUT2D eigenvalue weighted by atomic mass is 9.97. The molecule has 0 spiro atoms. The Morgan fingerprint density at radius 2 is 2.12 bits per heavy atom. The standard InChI is InChI=1S/C18H24N6OS/c1-2-5-14-13(4-1)15-16-20-12-21-24(16)18(22-17(15)26-14)19-6-3-7-23-8-10-25-11-9-23/h12H,1-11H2,(H,19,22)/p+1. The van der Waals surface area contributed by atoms with Crippen molar-refractivity contribution >= 4 is 33.1 Å². The third-order valence-corrected chi connectivity index (χ3v) is 6.71. The van der Waals surface area contributed by atoms with Crippen molar-refractivity contribution in [1.29, 1.82) is 0 Å². The van der Waals surface area contributed by atoms with E-state index in [0.29, 0.717) is 0 Å². The van der Waals surface area contributed by atoms with Gasteiger partial charge in [-0.15, -0.1) is 11.3 Å². The molecule has 26 heavy (non-hydrogen) atoms. The van der Waals surface area contributed by atoms with Crippen LogP contribution in [0.4, 0.5) is 5.95 Å². The van der Waals surface area contributed by atoms with Gasteiger partial charge in [0.15, 0.2) is 5.65 Å². The largest absolute Gasteiger partial charge is 0.370 e. The highest BCUT2D eigenvalue weighted by Gasteiger charge is 2.21. The zero-order valence-corrected chi connectivity index (χ0v) is 15.8. The molecular weight excluding hydrogens is 348 g/mol. The highest BCUT2D eigenvalue weighted by molar-refractivity contribution is 7.19. The van der Waals surface area contributed by atoms with E-state index in [4.69, 9.17) is 9.72 Å². The van der Waals surface area contributed by atoms with Gasteiger partial charge in [0.25, 0.3) is 0 Å². The van der Waals surface area contributed by atoms with E-state index < -0.39 is 0 Å². The van der Waals surface area contributed by atoms with E-state index in [1.54, 1.807) is 11.2 Å². The Hall–Kier alpha value is -1.77. The maximum absolute atomic E-state index is 5.43. The summed E-state index contributed by atoms with van der Waals surface area (Å²) in [5.41, 5.74) is 2.42. The molecule has 0 aromatic carbocycles. The molecule has 0 bridgehead atoms. The van der Waals surface area contributed by atoms with Gasteiger partial charge >= 0.3 is 0 Å². The van der Waals surface area contributed by atoms with Crippen molar-refractivity contribution < 1.29 is 9.64 Å². The summed E-state index contributed by atoms with van der Waals surface area (Å²) < 4.78 is 7.31. The van der Waals surface area contributed by atoms with Crippen LogP contribution >= 0.6 is 11.3 Å². The Labute approximate surface area is 156 Å². The predicted molar refractivity (Wildman–Crippen MR) is 102 cm³/mol. The molecule has 0 atom stereocenters. The Kier molecular flexibility index (Phi) is 4.48. The van der Waals surface area contributed by atoms with Crippen LogP contribution in [0.2, 0.25) is 0 Å². The maximum Gasteiger partial charge on any atom is 0.227 e. The number of thiophene rings is 1. The number of anilines is 1. The summed E-state index contributed by atoms with van der Waals surface area (Å²) in [5.74, 6) is 0.820. The van der Waals surface area contributed by atoms with Crippen LogP contribution in [-0.4, -0.2) is 59.0 Å². The lowest BCUT2D eigenvalue weighted by Crippen LogP contribution is -3.14. The molecular formula is C18H25N6OS+. The SMILES string of the molecule is c1nc2c3c4c(sc3nc(NCCC[NH+]3CCOCC3)n2n1)CCCC4. The molecule has 7 nitrogen and oxygen atoms in total. The first-order valence-corrected chi connectivity index (χ1v) is 10.5. The van der Waals surface area contributed by atoms with Crippen LogP contribution < -0.4 is 10.2 Å². The quantitative estimate of drug-likeness (QED) is 0.652. The van der Waals surface area contributed by atoms with Gasteiger partial charge in [0.05, 0.1) is 25.1 Å². The van der Waals surface area contributed by atoms with Crippen LogP contribution in [-0.2, 0) is 17.6 Å². The molecule has 1 fully saturated rings. The number of fused-ring (bicyclic) bond motifs is 5. The molecule has 2 aliphatic rings. The van der Waals surface area contributed by atoms with Crippen LogP contribution in [0.15, 0.2) is 6.33 Å². The van der Waals surface area contributed by atoms with Crippen molar-refractivity contribution in [2.45, 2.75) is 32.1 Å². The molecule has 3 aromatic heterocycles. The molecule has 1 aliphatic heterocycles. The maximum atomic E-state index is 5.43. The number of morpholine rings is 1.